The number of non-ortho nitro benzene ring substituents is 1. The lowest BCUT2D eigenvalue weighted by Crippen LogP contribution is -2.43. The van der Waals surface area contributed by atoms with Gasteiger partial charge in [0.05, 0.1) is 22.0 Å². The van der Waals surface area contributed by atoms with Crippen LogP contribution < -0.4 is 5.32 Å². The van der Waals surface area contributed by atoms with E-state index >= 15 is 0 Å². The fraction of sp³-hybridized carbons (Fsp3) is 0.379. The molecule has 0 saturated heterocycles. The number of nitro benzene ring substituents is 1. The molecule has 1 atom stereocenters. The topological polar surface area (TPSA) is 85.1 Å². The molecule has 36 heavy (non-hydrogen) atoms. The van der Waals surface area contributed by atoms with Crippen molar-refractivity contribution in [1.82, 2.24) is 4.98 Å². The molecule has 0 saturated carbocycles. The van der Waals surface area contributed by atoms with E-state index in [2.05, 4.69) is 63.3 Å². The lowest BCUT2D eigenvalue weighted by Gasteiger charge is -2.38. The third kappa shape index (κ3) is 5.82. The van der Waals surface area contributed by atoms with Crippen LogP contribution in [0.25, 0.3) is 10.9 Å². The summed E-state index contributed by atoms with van der Waals surface area (Å²) in [6, 6.07) is 15.9. The van der Waals surface area contributed by atoms with Crippen molar-refractivity contribution >= 4 is 36.3 Å². The number of pyridine rings is 1. The first-order valence-corrected chi connectivity index (χ1v) is 14.7. The molecule has 1 aromatic heterocycles. The van der Waals surface area contributed by atoms with Crippen molar-refractivity contribution < 1.29 is 9.72 Å². The summed E-state index contributed by atoms with van der Waals surface area (Å²) in [4.78, 5) is 28.4. The molecule has 188 valence electrons. The predicted molar refractivity (Wildman–Crippen MR) is 150 cm³/mol. The Balaban J connectivity index is 1.98. The number of anilines is 1. The number of nitro groups is 1. The minimum Gasteiger partial charge on any atom is -0.324 e. The number of hydrogen-bond donors (Lipinski definition) is 1. The van der Waals surface area contributed by atoms with E-state index in [0.29, 0.717) is 22.3 Å². The van der Waals surface area contributed by atoms with Crippen LogP contribution in [0.2, 0.25) is 16.6 Å². The average molecular weight is 502 g/mol. The van der Waals surface area contributed by atoms with Gasteiger partial charge < -0.3 is 5.32 Å². The summed E-state index contributed by atoms with van der Waals surface area (Å²) in [6.07, 6.45) is 1.85. The molecular formula is C29H35N3O3Si. The molecule has 2 aromatic carbocycles. The smallest absolute Gasteiger partial charge is 0.269 e. The zero-order chi connectivity index (χ0) is 26.5. The van der Waals surface area contributed by atoms with Gasteiger partial charge in [-0.3, -0.25) is 19.9 Å². The van der Waals surface area contributed by atoms with Crippen molar-refractivity contribution in [3.63, 3.8) is 0 Å². The maximum absolute atomic E-state index is 13.2. The van der Waals surface area contributed by atoms with Gasteiger partial charge in [0.2, 0.25) is 5.91 Å². The molecule has 0 aliphatic heterocycles. The number of nitrogens with one attached hydrogen (secondary N) is 1. The third-order valence-corrected chi connectivity index (χ3v) is 13.4. The third-order valence-electron chi connectivity index (χ3n) is 7.13. The van der Waals surface area contributed by atoms with Crippen molar-refractivity contribution in [3.05, 3.63) is 76.5 Å². The molecule has 1 N–H and O–H groups in total. The highest BCUT2D eigenvalue weighted by molar-refractivity contribution is 6.90. The number of carbonyl (C=O) groups is 1. The highest BCUT2D eigenvalue weighted by Gasteiger charge is 2.41. The molecule has 3 rings (SSSR count). The van der Waals surface area contributed by atoms with Gasteiger partial charge in [-0.2, -0.15) is 0 Å². The number of amides is 1. The number of hydrogen-bond acceptors (Lipinski definition) is 4. The molecule has 7 heteroatoms. The van der Waals surface area contributed by atoms with E-state index < -0.39 is 13.0 Å². The van der Waals surface area contributed by atoms with Crippen LogP contribution in [-0.4, -0.2) is 23.9 Å². The van der Waals surface area contributed by atoms with Gasteiger partial charge in [-0.15, -0.1) is 11.5 Å². The second-order valence-corrected chi connectivity index (χ2v) is 15.8. The van der Waals surface area contributed by atoms with Gasteiger partial charge >= 0.3 is 0 Å². The second-order valence-electron chi connectivity index (χ2n) is 10.2. The van der Waals surface area contributed by atoms with Gasteiger partial charge in [0, 0.05) is 30.1 Å². The van der Waals surface area contributed by atoms with Crippen LogP contribution >= 0.6 is 0 Å². The van der Waals surface area contributed by atoms with Crippen LogP contribution in [0.1, 0.15) is 59.4 Å². The van der Waals surface area contributed by atoms with Gasteiger partial charge in [0.25, 0.3) is 5.69 Å². The summed E-state index contributed by atoms with van der Waals surface area (Å²) in [7, 11) is -2.02. The lowest BCUT2D eigenvalue weighted by molar-refractivity contribution is -0.384. The molecule has 0 aliphatic carbocycles. The normalized spacial score (nSPS) is 12.5. The molecular weight excluding hydrogens is 466 g/mol. The van der Waals surface area contributed by atoms with Crippen LogP contribution in [-0.2, 0) is 4.79 Å². The first-order chi connectivity index (χ1) is 17.1. The van der Waals surface area contributed by atoms with Crippen molar-refractivity contribution in [3.8, 4) is 11.5 Å². The Morgan fingerprint density at radius 1 is 0.972 bits per heavy atom. The number of aromatic nitrogens is 1. The first kappa shape index (κ1) is 27.1. The first-order valence-electron chi connectivity index (χ1n) is 12.5. The summed E-state index contributed by atoms with van der Waals surface area (Å²) < 4.78 is 0. The number of rotatable bonds is 8. The molecule has 0 bridgehead atoms. The summed E-state index contributed by atoms with van der Waals surface area (Å²) in [5.74, 6) is 2.94. The molecule has 0 aliphatic rings. The van der Waals surface area contributed by atoms with E-state index in [4.69, 9.17) is 0 Å². The SMILES string of the molecule is CC(C)[Si](C#CC(CC(=O)Nc1cccc2cccnc12)c1ccc([N+](=O)[O-])cc1)(C(C)C)C(C)C. The van der Waals surface area contributed by atoms with E-state index in [1.807, 2.05) is 30.3 Å². The number of benzene rings is 2. The van der Waals surface area contributed by atoms with E-state index in [9.17, 15) is 14.9 Å². The van der Waals surface area contributed by atoms with Crippen LogP contribution in [0, 0.1) is 21.6 Å². The zero-order valence-electron chi connectivity index (χ0n) is 21.9. The standard InChI is InChI=1S/C29H35N3O3Si/c1-20(2)36(21(3)4,22(5)6)18-16-25(23-12-14-26(15-13-23)32(34)35)19-28(33)31-27-11-7-9-24-10-8-17-30-29(24)27/h7-15,17,20-22,25H,19H2,1-6H3,(H,31,33). The molecule has 1 unspecified atom stereocenters. The Morgan fingerprint density at radius 3 is 2.17 bits per heavy atom. The molecule has 6 nitrogen and oxygen atoms in total. The molecule has 1 amide bonds. The van der Waals surface area contributed by atoms with Crippen molar-refractivity contribution in [2.45, 2.75) is 70.5 Å². The van der Waals surface area contributed by atoms with E-state index in [-0.39, 0.29) is 23.9 Å². The van der Waals surface area contributed by atoms with Gasteiger partial charge in [0.15, 0.2) is 0 Å². The summed E-state index contributed by atoms with van der Waals surface area (Å²) in [5, 5.41) is 15.1. The number of carbonyl (C=O) groups excluding carboxylic acids is 1. The maximum Gasteiger partial charge on any atom is 0.269 e. The summed E-state index contributed by atoms with van der Waals surface area (Å²) in [5.41, 5.74) is 7.31. The minimum absolute atomic E-state index is 0.0204. The highest BCUT2D eigenvalue weighted by atomic mass is 28.3. The Morgan fingerprint density at radius 2 is 1.58 bits per heavy atom. The van der Waals surface area contributed by atoms with Crippen LogP contribution in [0.4, 0.5) is 11.4 Å². The van der Waals surface area contributed by atoms with Crippen molar-refractivity contribution in [2.75, 3.05) is 5.32 Å². The van der Waals surface area contributed by atoms with Crippen LogP contribution in [0.15, 0.2) is 60.8 Å². The fourth-order valence-electron chi connectivity index (χ4n) is 5.32. The van der Waals surface area contributed by atoms with Gasteiger partial charge in [-0.1, -0.05) is 71.9 Å². The predicted octanol–water partition coefficient (Wildman–Crippen LogP) is 7.48. The largest absolute Gasteiger partial charge is 0.324 e. The Labute approximate surface area is 214 Å². The van der Waals surface area contributed by atoms with Gasteiger partial charge in [-0.25, -0.2) is 0 Å². The average Bonchev–Trinajstić information content (AvgIpc) is 2.83. The monoisotopic (exact) mass is 501 g/mol. The highest BCUT2D eigenvalue weighted by Crippen LogP contribution is 2.41. The van der Waals surface area contributed by atoms with Crippen LogP contribution in [0.3, 0.4) is 0 Å². The minimum atomic E-state index is -2.02. The molecule has 3 aromatic rings. The van der Waals surface area contributed by atoms with E-state index in [0.717, 1.165) is 16.5 Å². The molecule has 0 radical (unpaired) electrons. The summed E-state index contributed by atoms with van der Waals surface area (Å²) in [6.45, 7) is 13.5. The van der Waals surface area contributed by atoms with Crippen molar-refractivity contribution in [2.24, 2.45) is 0 Å². The number of para-hydroxylation sites is 1. The van der Waals surface area contributed by atoms with Gasteiger partial charge in [-0.05, 0) is 34.3 Å². The second kappa shape index (κ2) is 11.5. The summed E-state index contributed by atoms with van der Waals surface area (Å²) >= 11 is 0. The Bertz CT molecular complexity index is 1260. The van der Waals surface area contributed by atoms with Gasteiger partial charge in [0.1, 0.15) is 8.07 Å². The molecule has 0 fully saturated rings. The number of fused-ring (bicyclic) bond motifs is 1. The van der Waals surface area contributed by atoms with E-state index in [1.165, 1.54) is 12.1 Å². The molecule has 0 spiro atoms. The van der Waals surface area contributed by atoms with Crippen molar-refractivity contribution in [1.29, 1.82) is 0 Å². The van der Waals surface area contributed by atoms with E-state index in [1.54, 1.807) is 18.3 Å². The lowest BCUT2D eigenvalue weighted by atomic mass is 9.96. The molecule has 1 heterocycles. The Kier molecular flexibility index (Phi) is 8.64. The maximum atomic E-state index is 13.2. The fourth-order valence-corrected chi connectivity index (χ4v) is 10.6. The Hall–Kier alpha value is -3.50. The number of nitrogens with zero attached hydrogens (tertiary/aromatic N) is 2. The van der Waals surface area contributed by atoms with Crippen LogP contribution in [0.5, 0.6) is 0 Å². The quantitative estimate of drug-likeness (QED) is 0.150. The zero-order valence-corrected chi connectivity index (χ0v) is 22.9.